The van der Waals surface area contributed by atoms with Crippen molar-refractivity contribution in [3.63, 3.8) is 0 Å². The summed E-state index contributed by atoms with van der Waals surface area (Å²) in [5, 5.41) is 3.22. The monoisotopic (exact) mass is 335 g/mol. The molecule has 1 N–H and O–H groups in total. The molecule has 1 aliphatic carbocycles. The van der Waals surface area contributed by atoms with E-state index in [1.54, 1.807) is 12.1 Å². The molecule has 0 atom stereocenters. The predicted molar refractivity (Wildman–Crippen MR) is 98.8 cm³/mol. The van der Waals surface area contributed by atoms with Crippen LogP contribution in [0.15, 0.2) is 54.6 Å². The third-order valence-corrected chi connectivity index (χ3v) is 4.11. The number of anilines is 1. The minimum atomic E-state index is -0.503. The van der Waals surface area contributed by atoms with Gasteiger partial charge in [-0.2, -0.15) is 0 Å². The molecule has 0 radical (unpaired) electrons. The summed E-state index contributed by atoms with van der Waals surface area (Å²) in [5.74, 6) is -0.139. The van der Waals surface area contributed by atoms with Crippen LogP contribution < -0.4 is 10.1 Å². The van der Waals surface area contributed by atoms with Gasteiger partial charge >= 0.3 is 0 Å². The number of hydrogen-bond acceptors (Lipinski definition) is 4. The van der Waals surface area contributed by atoms with Gasteiger partial charge in [-0.05, 0) is 30.7 Å². The molecule has 0 bridgehead atoms. The molecular formula is C21H21NO3. The van der Waals surface area contributed by atoms with Crippen molar-refractivity contribution in [3.8, 4) is 5.75 Å². The molecule has 0 heterocycles. The minimum absolute atomic E-state index is 0.438. The van der Waals surface area contributed by atoms with E-state index in [0.29, 0.717) is 11.3 Å². The van der Waals surface area contributed by atoms with E-state index >= 15 is 0 Å². The second kappa shape index (κ2) is 7.79. The number of unbranched alkanes of at least 4 members (excludes halogenated alkanes) is 2. The molecule has 0 fully saturated rings. The first-order valence-corrected chi connectivity index (χ1v) is 8.58. The maximum atomic E-state index is 12.0. The van der Waals surface area contributed by atoms with E-state index in [2.05, 4.69) is 12.2 Å². The summed E-state index contributed by atoms with van der Waals surface area (Å²) in [6.45, 7) is 2.88. The Morgan fingerprint density at radius 3 is 2.36 bits per heavy atom. The molecule has 1 aliphatic rings. The number of benzene rings is 2. The zero-order valence-corrected chi connectivity index (χ0v) is 14.2. The lowest BCUT2D eigenvalue weighted by atomic mass is 9.92. The van der Waals surface area contributed by atoms with Gasteiger partial charge in [-0.25, -0.2) is 0 Å². The molecule has 0 aromatic heterocycles. The number of carbonyl (C=O) groups excluding carboxylic acids is 2. The number of ether oxygens (including phenoxy) is 1. The Kier molecular flexibility index (Phi) is 5.29. The maximum absolute atomic E-state index is 12.0. The molecule has 128 valence electrons. The molecule has 0 saturated carbocycles. The normalized spacial score (nSPS) is 13.2. The quantitative estimate of drug-likeness (QED) is 0.599. The fourth-order valence-electron chi connectivity index (χ4n) is 2.76. The van der Waals surface area contributed by atoms with Crippen molar-refractivity contribution < 1.29 is 14.3 Å². The molecule has 25 heavy (non-hydrogen) atoms. The summed E-state index contributed by atoms with van der Waals surface area (Å²) < 4.78 is 5.70. The highest BCUT2D eigenvalue weighted by Gasteiger charge is 2.25. The zero-order valence-electron chi connectivity index (χ0n) is 14.2. The zero-order chi connectivity index (χ0) is 17.6. The molecule has 0 unspecified atom stereocenters. The standard InChI is InChI=1S/C21H21NO3/c1-2-3-6-13-25-16-11-9-15(10-12-16)22-19-14-20(23)21(24)18-8-5-4-7-17(18)19/h4-5,7-12,14,22H,2-3,6,13H2,1H3. The van der Waals surface area contributed by atoms with Gasteiger partial charge in [0.1, 0.15) is 5.75 Å². The fraction of sp³-hybridized carbons (Fsp3) is 0.238. The van der Waals surface area contributed by atoms with E-state index < -0.39 is 11.6 Å². The van der Waals surface area contributed by atoms with Gasteiger partial charge in [-0.15, -0.1) is 0 Å². The maximum Gasteiger partial charge on any atom is 0.233 e. The van der Waals surface area contributed by atoms with E-state index in [0.717, 1.165) is 30.0 Å². The molecule has 4 heteroatoms. The van der Waals surface area contributed by atoms with Gasteiger partial charge in [0.25, 0.3) is 0 Å². The smallest absolute Gasteiger partial charge is 0.233 e. The average molecular weight is 335 g/mol. The van der Waals surface area contributed by atoms with Crippen molar-refractivity contribution in [2.24, 2.45) is 0 Å². The van der Waals surface area contributed by atoms with Crippen LogP contribution in [-0.2, 0) is 4.79 Å². The molecular weight excluding hydrogens is 314 g/mol. The molecule has 2 aromatic rings. The van der Waals surface area contributed by atoms with Crippen LogP contribution >= 0.6 is 0 Å². The highest BCUT2D eigenvalue weighted by atomic mass is 16.5. The Labute approximate surface area is 147 Å². The Balaban J connectivity index is 1.71. The molecule has 0 saturated heterocycles. The first-order valence-electron chi connectivity index (χ1n) is 8.58. The van der Waals surface area contributed by atoms with Crippen LogP contribution in [0.25, 0.3) is 5.70 Å². The number of rotatable bonds is 7. The van der Waals surface area contributed by atoms with Crippen LogP contribution in [0.4, 0.5) is 5.69 Å². The molecule has 4 nitrogen and oxygen atoms in total. The van der Waals surface area contributed by atoms with Crippen molar-refractivity contribution in [1.29, 1.82) is 0 Å². The van der Waals surface area contributed by atoms with Crippen LogP contribution in [0.5, 0.6) is 5.75 Å². The van der Waals surface area contributed by atoms with Gasteiger partial charge < -0.3 is 10.1 Å². The molecule has 3 rings (SSSR count). The Morgan fingerprint density at radius 2 is 1.64 bits per heavy atom. The van der Waals surface area contributed by atoms with Crippen LogP contribution in [0.1, 0.15) is 42.1 Å². The lowest BCUT2D eigenvalue weighted by Crippen LogP contribution is -2.20. The van der Waals surface area contributed by atoms with E-state index in [1.165, 1.54) is 18.9 Å². The number of Topliss-reactive ketones (excluding diaryl/α,β-unsaturated/α-hetero) is 1. The van der Waals surface area contributed by atoms with Crippen LogP contribution in [0, 0.1) is 0 Å². The number of hydrogen-bond donors (Lipinski definition) is 1. The van der Waals surface area contributed by atoms with Crippen LogP contribution in [-0.4, -0.2) is 18.2 Å². The number of nitrogens with one attached hydrogen (secondary N) is 1. The van der Waals surface area contributed by atoms with Crippen molar-refractivity contribution in [2.45, 2.75) is 26.2 Å². The van der Waals surface area contributed by atoms with Crippen LogP contribution in [0.3, 0.4) is 0 Å². The van der Waals surface area contributed by atoms with Crippen molar-refractivity contribution in [3.05, 3.63) is 65.7 Å². The first kappa shape index (κ1) is 17.0. The van der Waals surface area contributed by atoms with Crippen molar-refractivity contribution in [2.75, 3.05) is 11.9 Å². The number of allylic oxidation sites excluding steroid dienone is 1. The third-order valence-electron chi connectivity index (χ3n) is 4.11. The second-order valence-electron chi connectivity index (χ2n) is 6.00. The number of carbonyl (C=O) groups is 2. The van der Waals surface area contributed by atoms with Gasteiger partial charge in [0, 0.05) is 22.9 Å². The van der Waals surface area contributed by atoms with Gasteiger partial charge in [0.15, 0.2) is 0 Å². The summed E-state index contributed by atoms with van der Waals surface area (Å²) in [6, 6.07) is 14.7. The SMILES string of the molecule is CCCCCOc1ccc(NC2=CC(=O)C(=O)c3ccccc32)cc1. The van der Waals surface area contributed by atoms with Crippen molar-refractivity contribution >= 4 is 23.0 Å². The Hall–Kier alpha value is -2.88. The molecule has 0 aliphatic heterocycles. The van der Waals surface area contributed by atoms with E-state index in [-0.39, 0.29) is 0 Å². The van der Waals surface area contributed by atoms with Crippen LogP contribution in [0.2, 0.25) is 0 Å². The summed E-state index contributed by atoms with van der Waals surface area (Å²) in [4.78, 5) is 23.9. The summed E-state index contributed by atoms with van der Waals surface area (Å²) in [7, 11) is 0. The molecule has 0 amide bonds. The van der Waals surface area contributed by atoms with Crippen molar-refractivity contribution in [1.82, 2.24) is 0 Å². The summed E-state index contributed by atoms with van der Waals surface area (Å²) in [6.07, 6.45) is 4.75. The highest BCUT2D eigenvalue weighted by Crippen LogP contribution is 2.27. The van der Waals surface area contributed by atoms with E-state index in [1.807, 2.05) is 36.4 Å². The Bertz CT molecular complexity index is 806. The molecule has 2 aromatic carbocycles. The number of fused-ring (bicyclic) bond motifs is 1. The average Bonchev–Trinajstić information content (AvgIpc) is 2.64. The van der Waals surface area contributed by atoms with Gasteiger partial charge in [0.05, 0.1) is 12.3 Å². The Morgan fingerprint density at radius 1 is 0.920 bits per heavy atom. The van der Waals surface area contributed by atoms with E-state index in [9.17, 15) is 9.59 Å². The lowest BCUT2D eigenvalue weighted by Gasteiger charge is -2.18. The largest absolute Gasteiger partial charge is 0.494 e. The predicted octanol–water partition coefficient (Wildman–Crippen LogP) is 4.47. The molecule has 0 spiro atoms. The first-order chi connectivity index (χ1) is 12.2. The third kappa shape index (κ3) is 3.97. The van der Waals surface area contributed by atoms with Gasteiger partial charge in [-0.1, -0.05) is 44.0 Å². The fourth-order valence-corrected chi connectivity index (χ4v) is 2.76. The van der Waals surface area contributed by atoms with Gasteiger partial charge in [0.2, 0.25) is 11.6 Å². The number of ketones is 2. The topological polar surface area (TPSA) is 55.4 Å². The minimum Gasteiger partial charge on any atom is -0.494 e. The highest BCUT2D eigenvalue weighted by molar-refractivity contribution is 6.50. The second-order valence-corrected chi connectivity index (χ2v) is 6.00. The summed E-state index contributed by atoms with van der Waals surface area (Å²) in [5.41, 5.74) is 2.65. The lowest BCUT2D eigenvalue weighted by molar-refractivity contribution is -0.111. The van der Waals surface area contributed by atoms with Gasteiger partial charge in [-0.3, -0.25) is 9.59 Å². The summed E-state index contributed by atoms with van der Waals surface area (Å²) >= 11 is 0. The van der Waals surface area contributed by atoms with E-state index in [4.69, 9.17) is 4.74 Å².